The van der Waals surface area contributed by atoms with Crippen LogP contribution >= 0.6 is 0 Å². The van der Waals surface area contributed by atoms with E-state index in [1.165, 1.54) is 13.8 Å². The number of hydrogen-bond donors (Lipinski definition) is 18. The molecule has 0 aromatic heterocycles. The summed E-state index contributed by atoms with van der Waals surface area (Å²) in [6.07, 6.45) is 2.26. The van der Waals surface area contributed by atoms with Crippen molar-refractivity contribution in [2.24, 2.45) is 46.4 Å². The van der Waals surface area contributed by atoms with E-state index in [0.717, 1.165) is 19.3 Å². The maximum Gasteiger partial charge on any atom is 1.00 e. The van der Waals surface area contributed by atoms with Gasteiger partial charge in [-0.3, -0.25) is 52.7 Å². The Labute approximate surface area is 769 Å². The van der Waals surface area contributed by atoms with Gasteiger partial charge in [0.1, 0.15) is 60.4 Å². The fourth-order valence-corrected chi connectivity index (χ4v) is 8.76. The first-order valence-corrected chi connectivity index (χ1v) is 42.5. The molecule has 44 nitrogen and oxygen atoms in total. The second-order valence-electron chi connectivity index (χ2n) is 25.5. The number of unbranched alkanes of at least 4 members (excludes halogenated alkanes) is 1. The Balaban J connectivity index is -0.000000372. The molecule has 1 heterocycles. The molecular formula is C58H115N16Na5O28S5. The smallest absolute Gasteiger partial charge is 0.748 e. The first kappa shape index (κ1) is 131. The van der Waals surface area contributed by atoms with Crippen LogP contribution in [0.1, 0.15) is 139 Å². The molecule has 1 rings (SSSR count). The van der Waals surface area contributed by atoms with Gasteiger partial charge in [-0.2, -0.15) is 0 Å². The summed E-state index contributed by atoms with van der Waals surface area (Å²) in [7, 11) is -19.6. The van der Waals surface area contributed by atoms with Crippen molar-refractivity contribution < 1.29 is 276 Å². The Bertz CT molecular complexity index is 3150. The van der Waals surface area contributed by atoms with E-state index in [4.69, 9.17) is 93.5 Å². The van der Waals surface area contributed by atoms with Crippen molar-refractivity contribution in [2.45, 2.75) is 211 Å². The van der Waals surface area contributed by atoms with Gasteiger partial charge in [0.25, 0.3) is 0 Å². The second-order valence-corrected chi connectivity index (χ2v) is 32.5. The molecule has 11 amide bonds. The molecule has 1 fully saturated rings. The van der Waals surface area contributed by atoms with Gasteiger partial charge in [-0.05, 0) is 122 Å². The van der Waals surface area contributed by atoms with Crippen LogP contribution in [0.15, 0.2) is 0 Å². The van der Waals surface area contributed by atoms with Crippen LogP contribution < -0.4 is 235 Å². The largest absolute Gasteiger partial charge is 1.00 e. The number of aliphatic hydroxyl groups excluding tert-OH is 2. The van der Waals surface area contributed by atoms with Gasteiger partial charge in [0, 0.05) is 44.2 Å². The van der Waals surface area contributed by atoms with E-state index in [2.05, 4.69) is 72.3 Å². The van der Waals surface area contributed by atoms with Crippen molar-refractivity contribution in [1.82, 2.24) is 58.5 Å². The Morgan fingerprint density at radius 2 is 0.768 bits per heavy atom. The number of rotatable bonds is 29. The van der Waals surface area contributed by atoms with Gasteiger partial charge in [0.05, 0.1) is 62.8 Å². The number of nitrogens with one attached hydrogen (secondary N) is 11. The third kappa shape index (κ3) is 80.8. The number of carbonyl (C=O) groups excluding carboxylic acids is 11. The predicted molar refractivity (Wildman–Crippen MR) is 384 cm³/mol. The van der Waals surface area contributed by atoms with Gasteiger partial charge in [-0.25, -0.2) is 42.1 Å². The third-order valence-corrected chi connectivity index (χ3v) is 13.7. The van der Waals surface area contributed by atoms with Gasteiger partial charge >= 0.3 is 148 Å². The first-order chi connectivity index (χ1) is 48.7. The van der Waals surface area contributed by atoms with Crippen LogP contribution in [0.4, 0.5) is 0 Å². The summed E-state index contributed by atoms with van der Waals surface area (Å²) in [4.78, 5) is 153. The Hall–Kier alpha value is -1.56. The molecule has 6 unspecified atom stereocenters. The van der Waals surface area contributed by atoms with Gasteiger partial charge in [0.15, 0.2) is 0 Å². The minimum atomic E-state index is -3.92. The van der Waals surface area contributed by atoms with Gasteiger partial charge < -0.3 is 120 Å². The van der Waals surface area contributed by atoms with Crippen LogP contribution in [0.25, 0.3) is 0 Å². The van der Waals surface area contributed by atoms with Crippen molar-refractivity contribution in [1.29, 1.82) is 0 Å². The second kappa shape index (κ2) is 69.1. The molecule has 0 saturated carbocycles. The van der Waals surface area contributed by atoms with Crippen molar-refractivity contribution in [3.05, 3.63) is 0 Å². The molecule has 1 aliphatic heterocycles. The van der Waals surface area contributed by atoms with Crippen molar-refractivity contribution in [3.63, 3.8) is 0 Å². The van der Waals surface area contributed by atoms with Crippen LogP contribution in [-0.4, -0.2) is 283 Å². The minimum Gasteiger partial charge on any atom is -0.748 e. The summed E-state index contributed by atoms with van der Waals surface area (Å²) in [6, 6.07) is -14.5. The van der Waals surface area contributed by atoms with Crippen molar-refractivity contribution in [3.8, 4) is 0 Å². The standard InChI is InChI=1S/C53H100N16O13.5CH4O3S.5Na/c1-9-30(6)12-10-11-13-41(72)60-33(14-20-54)48(77)69-43(32(8)71)53(82)65-36(17-23-57)45(74)64-38-19-25-59-52(81)42(31(7)70)68-49(78)37(18-24-58)62-44(73)34(15-21-55)63-50(79)39(26-28(2)3)67-51(80)40(27-29(4)5)66-46(75)35(16-22-56)61-47(38)76;5*1-5(2,3)4;;;;;/h28-40,42-43,70-71H,9-27,54-58H2,1-8H3,(H,59,81)(H,60,72)(H,61,76)(H,62,73)(H,63,79)(H,64,74)(H,65,82)(H,66,75)(H,67,80)(H,68,78)(H,69,77);5*1H3,(H,2,3,4);;;;;/q;;;;;;5*+1/p-5/t30?,31?,32?,33-,34+,35?,36-,37-,38?,39-,40+,42?,43-;;;;;;;;;;/m0........../s1. The van der Waals surface area contributed by atoms with E-state index in [1.807, 2.05) is 0 Å². The van der Waals surface area contributed by atoms with Crippen LogP contribution in [-0.2, 0) is 103 Å². The van der Waals surface area contributed by atoms with Crippen LogP contribution in [0.2, 0.25) is 0 Å². The van der Waals surface area contributed by atoms with Crippen molar-refractivity contribution >= 4 is 116 Å². The van der Waals surface area contributed by atoms with E-state index < -0.39 is 201 Å². The number of aliphatic hydroxyl groups is 2. The zero-order chi connectivity index (χ0) is 84.7. The van der Waals surface area contributed by atoms with Gasteiger partial charge in [0.2, 0.25) is 65.0 Å². The maximum absolute atomic E-state index is 14.4. The molecule has 112 heavy (non-hydrogen) atoms. The molecule has 1 saturated heterocycles. The number of hydrogen-bond acceptors (Lipinski definition) is 33. The Morgan fingerprint density at radius 3 is 1.08 bits per heavy atom. The minimum absolute atomic E-state index is 0. The Kier molecular flexibility index (Phi) is 80.9. The molecule has 0 aliphatic carbocycles. The summed E-state index contributed by atoms with van der Waals surface area (Å²) < 4.78 is 136. The Morgan fingerprint density at radius 1 is 0.446 bits per heavy atom. The third-order valence-electron chi connectivity index (χ3n) is 13.7. The monoisotopic (exact) mass is 1760 g/mol. The molecule has 0 radical (unpaired) electrons. The fraction of sp³-hybridized carbons (Fsp3) is 0.810. The normalized spacial score (nSPS) is 19.7. The predicted octanol–water partition coefficient (Wildman–Crippen LogP) is -24.6. The molecule has 54 heteroatoms. The molecule has 0 aromatic rings. The topological polar surface area (TPSA) is 777 Å². The molecule has 13 atom stereocenters. The summed E-state index contributed by atoms with van der Waals surface area (Å²) >= 11 is 0. The maximum atomic E-state index is 14.4. The zero-order valence-electron chi connectivity index (χ0n) is 67.5. The molecule has 1 aliphatic rings. The number of nitrogens with two attached hydrogens (primary N) is 5. The molecule has 0 aromatic carbocycles. The summed E-state index contributed by atoms with van der Waals surface area (Å²) in [5.41, 5.74) is 29.2. The number of amides is 11. The SMILES string of the molecule is CCC(C)CCCCC(=O)N[C@@H](CCN)C(=O)N[C@H](C(=O)N[C@@H](CCN)C(=O)NC1CCNC(=O)C(C(C)O)NC(=O)[C@H](CCN)NC(=O)[C@@H](CCN)NC(=O)[C@H](CC(C)C)NC(=O)[C@@H](CC(C)C)NC(=O)C(CCN)NC1=O)C(C)O.CS(=O)(=O)[O-].CS(=O)(=O)[O-].CS(=O)(=O)[O-].CS(=O)(=O)[O-].CS(=O)(=O)[O-].[Na+].[Na+].[Na+].[Na+].[Na+]. The molecule has 23 N–H and O–H groups in total. The van der Waals surface area contributed by atoms with E-state index >= 15 is 0 Å². The molecular weight excluding hydrogens is 1640 g/mol. The zero-order valence-corrected chi connectivity index (χ0v) is 81.6. The summed E-state index contributed by atoms with van der Waals surface area (Å²) in [5, 5.41) is 49.5. The molecule has 0 bridgehead atoms. The first-order valence-electron chi connectivity index (χ1n) is 33.4. The van der Waals surface area contributed by atoms with E-state index in [1.54, 1.807) is 27.7 Å². The van der Waals surface area contributed by atoms with Gasteiger partial charge in [-0.15, -0.1) is 0 Å². The summed E-state index contributed by atoms with van der Waals surface area (Å²) in [5.74, 6) is -9.49. The van der Waals surface area contributed by atoms with Crippen LogP contribution in [0.5, 0.6) is 0 Å². The van der Waals surface area contributed by atoms with Crippen molar-refractivity contribution in [2.75, 3.05) is 70.5 Å². The quantitative estimate of drug-likeness (QED) is 0.0188. The van der Waals surface area contributed by atoms with E-state index in [-0.39, 0.29) is 244 Å². The van der Waals surface area contributed by atoms with Gasteiger partial charge in [-0.1, -0.05) is 60.8 Å². The van der Waals surface area contributed by atoms with Crippen LogP contribution in [0.3, 0.4) is 0 Å². The average molecular weight is 1760 g/mol. The molecule has 0 spiro atoms. The fourth-order valence-electron chi connectivity index (χ4n) is 8.76. The van der Waals surface area contributed by atoms with E-state index in [0.29, 0.717) is 43.6 Å². The molecule has 630 valence electrons. The summed E-state index contributed by atoms with van der Waals surface area (Å²) in [6.45, 7) is 12.6. The van der Waals surface area contributed by atoms with E-state index in [9.17, 15) is 63.0 Å². The average Bonchev–Trinajstić information content (AvgIpc) is 0.967. The van der Waals surface area contributed by atoms with Crippen LogP contribution in [0, 0.1) is 17.8 Å². The number of carbonyl (C=O) groups is 11.